The molecule has 5 nitrogen and oxygen atoms in total. The molecule has 0 aromatic carbocycles. The van der Waals surface area contributed by atoms with Gasteiger partial charge in [-0.15, -0.1) is 0 Å². The van der Waals surface area contributed by atoms with Gasteiger partial charge in [-0.2, -0.15) is 0 Å². The monoisotopic (exact) mass is 231 g/mol. The van der Waals surface area contributed by atoms with Crippen molar-refractivity contribution in [3.63, 3.8) is 0 Å². The highest BCUT2D eigenvalue weighted by Crippen LogP contribution is 2.14. The minimum atomic E-state index is -0.578. The molecule has 0 aromatic rings. The number of carbonyl (C=O) groups excluding carboxylic acids is 1. The van der Waals surface area contributed by atoms with E-state index in [1.165, 1.54) is 0 Å². The van der Waals surface area contributed by atoms with Gasteiger partial charge in [-0.1, -0.05) is 0 Å². The van der Waals surface area contributed by atoms with Crippen LogP contribution in [0.25, 0.3) is 0 Å². The molecule has 16 heavy (non-hydrogen) atoms. The summed E-state index contributed by atoms with van der Waals surface area (Å²) in [5.41, 5.74) is -0.490. The molecule has 1 aliphatic heterocycles. The first-order valence-electron chi connectivity index (χ1n) is 5.57. The highest BCUT2D eigenvalue weighted by molar-refractivity contribution is 5.68. The van der Waals surface area contributed by atoms with Gasteiger partial charge in [0.05, 0.1) is 19.3 Å². The fourth-order valence-electron chi connectivity index (χ4n) is 1.46. The lowest BCUT2D eigenvalue weighted by Gasteiger charge is -2.35. The standard InChI is InChI=1S/C11H21NO4/c1-8(13)9-7-12(5-6-15-9)10(14)16-11(2,3)4/h8-9,13H,5-7H2,1-4H3/t8-,9?/m1/s1. The van der Waals surface area contributed by atoms with Gasteiger partial charge in [0.2, 0.25) is 0 Å². The number of rotatable bonds is 1. The van der Waals surface area contributed by atoms with E-state index < -0.39 is 11.7 Å². The highest BCUT2D eigenvalue weighted by Gasteiger charge is 2.29. The lowest BCUT2D eigenvalue weighted by atomic mass is 10.2. The summed E-state index contributed by atoms with van der Waals surface area (Å²) in [6, 6.07) is 0. The van der Waals surface area contributed by atoms with Gasteiger partial charge in [0.1, 0.15) is 11.7 Å². The first-order valence-corrected chi connectivity index (χ1v) is 5.57. The van der Waals surface area contributed by atoms with Gasteiger partial charge < -0.3 is 19.5 Å². The average molecular weight is 231 g/mol. The second-order valence-electron chi connectivity index (χ2n) is 5.08. The predicted molar refractivity (Wildman–Crippen MR) is 59.2 cm³/mol. The molecule has 1 fully saturated rings. The summed E-state index contributed by atoms with van der Waals surface area (Å²) in [6.45, 7) is 8.48. The van der Waals surface area contributed by atoms with E-state index in [4.69, 9.17) is 9.47 Å². The Morgan fingerprint density at radius 3 is 2.69 bits per heavy atom. The van der Waals surface area contributed by atoms with Crippen molar-refractivity contribution in [1.29, 1.82) is 0 Å². The molecule has 1 aliphatic rings. The number of morpholine rings is 1. The third-order valence-corrected chi connectivity index (χ3v) is 2.28. The van der Waals surface area contributed by atoms with Crippen molar-refractivity contribution in [3.8, 4) is 0 Å². The zero-order valence-electron chi connectivity index (χ0n) is 10.4. The summed E-state index contributed by atoms with van der Waals surface area (Å²) in [5.74, 6) is 0. The first-order chi connectivity index (χ1) is 7.29. The fraction of sp³-hybridized carbons (Fsp3) is 0.909. The second kappa shape index (κ2) is 5.01. The second-order valence-corrected chi connectivity index (χ2v) is 5.08. The molecule has 0 saturated carbocycles. The molecule has 94 valence electrons. The number of hydrogen-bond donors (Lipinski definition) is 1. The van der Waals surface area contributed by atoms with Crippen molar-refractivity contribution in [2.24, 2.45) is 0 Å². The summed E-state index contributed by atoms with van der Waals surface area (Å²) in [5, 5.41) is 9.41. The minimum Gasteiger partial charge on any atom is -0.444 e. The Hall–Kier alpha value is -0.810. The molecule has 1 saturated heterocycles. The minimum absolute atomic E-state index is 0.318. The van der Waals surface area contributed by atoms with Gasteiger partial charge in [-0.3, -0.25) is 0 Å². The Bertz CT molecular complexity index is 247. The lowest BCUT2D eigenvalue weighted by molar-refractivity contribution is -0.0841. The van der Waals surface area contributed by atoms with E-state index in [0.717, 1.165) is 0 Å². The van der Waals surface area contributed by atoms with Crippen LogP contribution in [0.3, 0.4) is 0 Å². The molecule has 1 N–H and O–H groups in total. The van der Waals surface area contributed by atoms with Crippen molar-refractivity contribution in [2.45, 2.75) is 45.5 Å². The molecule has 0 bridgehead atoms. The van der Waals surface area contributed by atoms with Crippen LogP contribution >= 0.6 is 0 Å². The Morgan fingerprint density at radius 1 is 1.56 bits per heavy atom. The van der Waals surface area contributed by atoms with Gasteiger partial charge in [0, 0.05) is 6.54 Å². The number of aliphatic hydroxyl groups is 1. The average Bonchev–Trinajstić information content (AvgIpc) is 2.15. The molecule has 2 atom stereocenters. The zero-order valence-corrected chi connectivity index (χ0v) is 10.4. The summed E-state index contributed by atoms with van der Waals surface area (Å²) in [7, 11) is 0. The molecule has 1 amide bonds. The maximum Gasteiger partial charge on any atom is 0.410 e. The van der Waals surface area contributed by atoms with Crippen molar-refractivity contribution < 1.29 is 19.4 Å². The van der Waals surface area contributed by atoms with Crippen LogP contribution < -0.4 is 0 Å². The number of carbonyl (C=O) groups is 1. The third kappa shape index (κ3) is 3.98. The Labute approximate surface area is 96.3 Å². The molecular weight excluding hydrogens is 210 g/mol. The van der Waals surface area contributed by atoms with Crippen LogP contribution in [0.1, 0.15) is 27.7 Å². The molecule has 1 rings (SSSR count). The fourth-order valence-corrected chi connectivity index (χ4v) is 1.46. The van der Waals surface area contributed by atoms with Gasteiger partial charge in [-0.25, -0.2) is 4.79 Å². The van der Waals surface area contributed by atoms with Gasteiger partial charge in [-0.05, 0) is 27.7 Å². The van der Waals surface area contributed by atoms with Crippen molar-refractivity contribution >= 4 is 6.09 Å². The first kappa shape index (κ1) is 13.3. The smallest absolute Gasteiger partial charge is 0.410 e. The van der Waals surface area contributed by atoms with E-state index in [9.17, 15) is 9.90 Å². The van der Waals surface area contributed by atoms with Crippen molar-refractivity contribution in [1.82, 2.24) is 4.90 Å². The van der Waals surface area contributed by atoms with Crippen LogP contribution in [-0.4, -0.2) is 53.6 Å². The van der Waals surface area contributed by atoms with E-state index in [-0.39, 0.29) is 12.2 Å². The SMILES string of the molecule is C[C@@H](O)C1CN(C(=O)OC(C)(C)C)CCO1. The normalized spacial score (nSPS) is 24.1. The van der Waals surface area contributed by atoms with Gasteiger partial charge >= 0.3 is 6.09 Å². The lowest BCUT2D eigenvalue weighted by Crippen LogP contribution is -2.50. The van der Waals surface area contributed by atoms with Crippen molar-refractivity contribution in [2.75, 3.05) is 19.7 Å². The topological polar surface area (TPSA) is 59.0 Å². The predicted octanol–water partition coefficient (Wildman–Crippen LogP) is 1.00. The van der Waals surface area contributed by atoms with Crippen LogP contribution in [0.15, 0.2) is 0 Å². The van der Waals surface area contributed by atoms with E-state index in [2.05, 4.69) is 0 Å². The number of ether oxygens (including phenoxy) is 2. The summed E-state index contributed by atoms with van der Waals surface area (Å²) < 4.78 is 10.6. The van der Waals surface area contributed by atoms with E-state index in [1.807, 2.05) is 20.8 Å². The van der Waals surface area contributed by atoms with Crippen LogP contribution in [0.5, 0.6) is 0 Å². The molecule has 0 spiro atoms. The number of hydrogen-bond acceptors (Lipinski definition) is 4. The van der Waals surface area contributed by atoms with Crippen molar-refractivity contribution in [3.05, 3.63) is 0 Å². The highest BCUT2D eigenvalue weighted by atomic mass is 16.6. The summed E-state index contributed by atoms with van der Waals surface area (Å²) in [6.07, 6.45) is -1.24. The molecule has 0 aromatic heterocycles. The van der Waals surface area contributed by atoms with Gasteiger partial charge in [0.25, 0.3) is 0 Å². The number of aliphatic hydroxyl groups excluding tert-OH is 1. The van der Waals surface area contributed by atoms with Crippen LogP contribution in [0.4, 0.5) is 4.79 Å². The molecule has 0 radical (unpaired) electrons. The molecule has 1 heterocycles. The van der Waals surface area contributed by atoms with Crippen LogP contribution in [0, 0.1) is 0 Å². The zero-order chi connectivity index (χ0) is 12.3. The molecule has 1 unspecified atom stereocenters. The van der Waals surface area contributed by atoms with Crippen LogP contribution in [0.2, 0.25) is 0 Å². The Balaban J connectivity index is 2.50. The number of amides is 1. The van der Waals surface area contributed by atoms with E-state index >= 15 is 0 Å². The maximum atomic E-state index is 11.7. The van der Waals surface area contributed by atoms with Crippen LogP contribution in [-0.2, 0) is 9.47 Å². The number of nitrogens with zero attached hydrogens (tertiary/aromatic N) is 1. The third-order valence-electron chi connectivity index (χ3n) is 2.28. The molecule has 0 aliphatic carbocycles. The molecule has 5 heteroatoms. The Morgan fingerprint density at radius 2 is 2.19 bits per heavy atom. The Kier molecular flexibility index (Phi) is 4.15. The quantitative estimate of drug-likeness (QED) is 0.731. The summed E-state index contributed by atoms with van der Waals surface area (Å²) >= 11 is 0. The maximum absolute atomic E-state index is 11.7. The largest absolute Gasteiger partial charge is 0.444 e. The van der Waals surface area contributed by atoms with Gasteiger partial charge in [0.15, 0.2) is 0 Å². The van der Waals surface area contributed by atoms with E-state index in [0.29, 0.717) is 19.7 Å². The molecular formula is C11H21NO4. The van der Waals surface area contributed by atoms with E-state index in [1.54, 1.807) is 11.8 Å². The summed E-state index contributed by atoms with van der Waals surface area (Å²) in [4.78, 5) is 13.3.